The fraction of sp³-hybridized carbons (Fsp3) is 0.316. The quantitative estimate of drug-likeness (QED) is 0.386. The summed E-state index contributed by atoms with van der Waals surface area (Å²) in [6, 6.07) is 14.2. The van der Waals surface area contributed by atoms with Crippen molar-refractivity contribution in [2.24, 2.45) is 0 Å². The van der Waals surface area contributed by atoms with E-state index >= 15 is 0 Å². The highest BCUT2D eigenvalue weighted by molar-refractivity contribution is 6.20. The smallest absolute Gasteiger partial charge is 0.119 e. The number of para-hydroxylation sites is 1. The number of ether oxygens (including phenoxy) is 1. The van der Waals surface area contributed by atoms with Crippen molar-refractivity contribution < 1.29 is 4.74 Å². The van der Waals surface area contributed by atoms with Crippen LogP contribution in [-0.4, -0.2) is 37.1 Å². The second-order valence-corrected chi connectivity index (χ2v) is 6.54. The Hall–Kier alpha value is -2.04. The minimum absolute atomic E-state index is 0.136. The number of nitrogens with one attached hydrogen (secondary N) is 2. The molecule has 126 valence electrons. The summed E-state index contributed by atoms with van der Waals surface area (Å²) in [4.78, 5) is 4.75. The molecule has 1 heterocycles. The van der Waals surface area contributed by atoms with Gasteiger partial charge in [0.2, 0.25) is 0 Å². The first-order valence-electron chi connectivity index (χ1n) is 8.14. The molecular formula is C19H22ClN3O. The van der Waals surface area contributed by atoms with Gasteiger partial charge in [-0.05, 0) is 31.2 Å². The molecule has 0 saturated heterocycles. The van der Waals surface area contributed by atoms with Crippen LogP contribution in [0.4, 0.5) is 5.69 Å². The Morgan fingerprint density at radius 3 is 2.67 bits per heavy atom. The molecular weight excluding hydrogens is 322 g/mol. The first-order chi connectivity index (χ1) is 11.7. The summed E-state index contributed by atoms with van der Waals surface area (Å²) in [5, 5.41) is 9.21. The van der Waals surface area contributed by atoms with Crippen molar-refractivity contribution in [2.75, 3.05) is 32.1 Å². The Morgan fingerprint density at radius 2 is 1.88 bits per heavy atom. The van der Waals surface area contributed by atoms with Crippen LogP contribution in [-0.2, 0) is 0 Å². The number of hydrogen-bond acceptors (Lipinski definition) is 4. The number of aromatic nitrogens is 1. The lowest BCUT2D eigenvalue weighted by Gasteiger charge is -2.14. The number of alkyl halides is 1. The highest BCUT2D eigenvalue weighted by Gasteiger charge is 2.09. The molecule has 0 radical (unpaired) electrons. The van der Waals surface area contributed by atoms with E-state index in [1.807, 2.05) is 43.3 Å². The minimum atomic E-state index is 0.136. The zero-order valence-corrected chi connectivity index (χ0v) is 14.7. The number of anilines is 1. The Bertz CT molecular complexity index is 835. The third kappa shape index (κ3) is 3.71. The summed E-state index contributed by atoms with van der Waals surface area (Å²) in [6.45, 7) is 4.44. The van der Waals surface area contributed by atoms with Gasteiger partial charge in [0.1, 0.15) is 5.75 Å². The predicted octanol–water partition coefficient (Wildman–Crippen LogP) is 4.03. The van der Waals surface area contributed by atoms with E-state index in [4.69, 9.17) is 21.3 Å². The van der Waals surface area contributed by atoms with Crippen molar-refractivity contribution in [2.45, 2.75) is 12.3 Å². The van der Waals surface area contributed by atoms with Crippen molar-refractivity contribution in [3.05, 3.63) is 42.5 Å². The molecule has 0 amide bonds. The van der Waals surface area contributed by atoms with Crippen LogP contribution < -0.4 is 15.4 Å². The van der Waals surface area contributed by atoms with Gasteiger partial charge in [-0.1, -0.05) is 18.2 Å². The fourth-order valence-electron chi connectivity index (χ4n) is 2.76. The maximum Gasteiger partial charge on any atom is 0.119 e. The van der Waals surface area contributed by atoms with Crippen LogP contribution in [0.3, 0.4) is 0 Å². The van der Waals surface area contributed by atoms with Crippen molar-refractivity contribution in [3.8, 4) is 5.75 Å². The molecule has 0 aliphatic rings. The van der Waals surface area contributed by atoms with E-state index in [1.54, 1.807) is 7.11 Å². The summed E-state index contributed by atoms with van der Waals surface area (Å²) in [6.07, 6.45) is 0. The largest absolute Gasteiger partial charge is 0.497 e. The van der Waals surface area contributed by atoms with Crippen molar-refractivity contribution >= 4 is 39.1 Å². The van der Waals surface area contributed by atoms with Crippen molar-refractivity contribution in [1.82, 2.24) is 10.3 Å². The molecule has 0 aliphatic carbocycles. The Kier molecular flexibility index (Phi) is 5.38. The molecule has 4 nitrogen and oxygen atoms in total. The van der Waals surface area contributed by atoms with Crippen LogP contribution >= 0.6 is 11.6 Å². The van der Waals surface area contributed by atoms with Gasteiger partial charge in [0.25, 0.3) is 0 Å². The Labute approximate surface area is 147 Å². The first-order valence-corrected chi connectivity index (χ1v) is 8.58. The van der Waals surface area contributed by atoms with E-state index in [1.165, 1.54) is 0 Å². The van der Waals surface area contributed by atoms with Crippen LogP contribution in [0, 0.1) is 0 Å². The number of hydrogen-bond donors (Lipinski definition) is 2. The summed E-state index contributed by atoms with van der Waals surface area (Å²) >= 11 is 5.96. The lowest BCUT2D eigenvalue weighted by molar-refractivity contribution is 0.415. The third-order valence-electron chi connectivity index (χ3n) is 3.92. The van der Waals surface area contributed by atoms with Crippen LogP contribution in [0.15, 0.2) is 42.5 Å². The molecule has 0 spiro atoms. The van der Waals surface area contributed by atoms with Gasteiger partial charge in [0, 0.05) is 35.8 Å². The van der Waals surface area contributed by atoms with Gasteiger partial charge in [-0.2, -0.15) is 0 Å². The summed E-state index contributed by atoms with van der Waals surface area (Å²) < 4.78 is 5.38. The summed E-state index contributed by atoms with van der Waals surface area (Å²) in [5.74, 6) is 0.830. The lowest BCUT2D eigenvalue weighted by atomic mass is 10.1. The summed E-state index contributed by atoms with van der Waals surface area (Å²) in [7, 11) is 1.68. The first kappa shape index (κ1) is 16.8. The number of benzene rings is 2. The van der Waals surface area contributed by atoms with Crippen LogP contribution in [0.1, 0.15) is 6.92 Å². The van der Waals surface area contributed by atoms with Crippen LogP contribution in [0.5, 0.6) is 5.75 Å². The Balaban J connectivity index is 1.94. The van der Waals surface area contributed by atoms with E-state index in [-0.39, 0.29) is 5.38 Å². The van der Waals surface area contributed by atoms with E-state index in [2.05, 4.69) is 16.7 Å². The molecule has 2 N–H and O–H groups in total. The van der Waals surface area contributed by atoms with E-state index in [0.717, 1.165) is 52.9 Å². The van der Waals surface area contributed by atoms with Gasteiger partial charge in [-0.3, -0.25) is 0 Å². The SMILES string of the molecule is COc1ccc2nc3ccccc3c(NCCNCC(C)Cl)c2c1. The number of halogens is 1. The minimum Gasteiger partial charge on any atom is -0.497 e. The molecule has 1 unspecified atom stereocenters. The molecule has 0 fully saturated rings. The molecule has 1 atom stereocenters. The van der Waals surface area contributed by atoms with Gasteiger partial charge in [-0.25, -0.2) is 4.98 Å². The molecule has 5 heteroatoms. The van der Waals surface area contributed by atoms with E-state index in [9.17, 15) is 0 Å². The number of rotatable bonds is 7. The number of pyridine rings is 1. The number of methoxy groups -OCH3 is 1. The van der Waals surface area contributed by atoms with Gasteiger partial charge in [-0.15, -0.1) is 11.6 Å². The summed E-state index contributed by atoms with van der Waals surface area (Å²) in [5.41, 5.74) is 3.04. The van der Waals surface area contributed by atoms with Gasteiger partial charge in [0.15, 0.2) is 0 Å². The second kappa shape index (κ2) is 7.69. The molecule has 3 rings (SSSR count). The van der Waals surface area contributed by atoms with Gasteiger partial charge >= 0.3 is 0 Å². The standard InChI is InChI=1S/C19H22ClN3O/c1-13(20)12-21-9-10-22-19-15-5-3-4-6-17(15)23-18-8-7-14(24-2)11-16(18)19/h3-8,11,13,21H,9-10,12H2,1-2H3,(H,22,23). The van der Waals surface area contributed by atoms with Crippen molar-refractivity contribution in [3.63, 3.8) is 0 Å². The molecule has 3 aromatic rings. The number of fused-ring (bicyclic) bond motifs is 2. The monoisotopic (exact) mass is 343 g/mol. The molecule has 24 heavy (non-hydrogen) atoms. The molecule has 0 bridgehead atoms. The maximum atomic E-state index is 5.96. The maximum absolute atomic E-state index is 5.96. The molecule has 2 aromatic carbocycles. The Morgan fingerprint density at radius 1 is 1.08 bits per heavy atom. The van der Waals surface area contributed by atoms with Crippen LogP contribution in [0.2, 0.25) is 0 Å². The van der Waals surface area contributed by atoms with E-state index in [0.29, 0.717) is 0 Å². The fourth-order valence-corrected chi connectivity index (χ4v) is 2.87. The molecule has 0 saturated carbocycles. The zero-order chi connectivity index (χ0) is 16.9. The van der Waals surface area contributed by atoms with Crippen molar-refractivity contribution in [1.29, 1.82) is 0 Å². The highest BCUT2D eigenvalue weighted by Crippen LogP contribution is 2.32. The average molecular weight is 344 g/mol. The molecule has 0 aliphatic heterocycles. The predicted molar refractivity (Wildman–Crippen MR) is 102 cm³/mol. The topological polar surface area (TPSA) is 46.2 Å². The lowest BCUT2D eigenvalue weighted by Crippen LogP contribution is -2.27. The zero-order valence-electron chi connectivity index (χ0n) is 14.0. The van der Waals surface area contributed by atoms with Gasteiger partial charge < -0.3 is 15.4 Å². The van der Waals surface area contributed by atoms with Crippen LogP contribution in [0.25, 0.3) is 21.8 Å². The third-order valence-corrected chi connectivity index (χ3v) is 4.07. The number of nitrogens with zero attached hydrogens (tertiary/aromatic N) is 1. The average Bonchev–Trinajstić information content (AvgIpc) is 2.60. The molecule has 1 aromatic heterocycles. The normalized spacial score (nSPS) is 12.5. The second-order valence-electron chi connectivity index (χ2n) is 5.80. The van der Waals surface area contributed by atoms with Gasteiger partial charge in [0.05, 0.1) is 23.8 Å². The van der Waals surface area contributed by atoms with E-state index < -0.39 is 0 Å². The highest BCUT2D eigenvalue weighted by atomic mass is 35.5.